The van der Waals surface area contributed by atoms with Crippen LogP contribution in [0.2, 0.25) is 0 Å². The molecule has 4 aromatic heterocycles. The average Bonchev–Trinajstić information content (AvgIpc) is 3.47. The number of para-hydroxylation sites is 1. The molecule has 200 valence electrons. The van der Waals surface area contributed by atoms with Gasteiger partial charge in [0.05, 0.1) is 16.7 Å². The molecule has 4 nitrogen and oxygen atoms in total. The van der Waals surface area contributed by atoms with Gasteiger partial charge in [-0.1, -0.05) is 97.1 Å². The molecule has 0 aliphatic carbocycles. The van der Waals surface area contributed by atoms with Gasteiger partial charge in [-0.15, -0.1) is 0 Å². The van der Waals surface area contributed by atoms with E-state index in [0.717, 1.165) is 61.1 Å². The van der Waals surface area contributed by atoms with Crippen LogP contribution in [0.5, 0.6) is 0 Å². The van der Waals surface area contributed by atoms with Crippen molar-refractivity contribution in [1.29, 1.82) is 0 Å². The van der Waals surface area contributed by atoms with Crippen molar-refractivity contribution in [3.05, 3.63) is 146 Å². The number of hydrogen-bond donors (Lipinski definition) is 0. The van der Waals surface area contributed by atoms with Crippen molar-refractivity contribution in [2.75, 3.05) is 0 Å². The SMILES string of the molecule is c1ccc2cc(-c3cc(-c4cccc5ccccc45)c4nc5c6ccccc6nc(-c6ccncc6)c5n4c3)ccc2c1. The monoisotopic (exact) mass is 548 g/mol. The minimum atomic E-state index is 0.892. The van der Waals surface area contributed by atoms with Crippen LogP contribution in [0.25, 0.3) is 82.6 Å². The highest BCUT2D eigenvalue weighted by atomic mass is 15.0. The van der Waals surface area contributed by atoms with E-state index >= 15 is 0 Å². The van der Waals surface area contributed by atoms with E-state index in [1.165, 1.54) is 21.5 Å². The van der Waals surface area contributed by atoms with Gasteiger partial charge in [-0.25, -0.2) is 9.97 Å². The third kappa shape index (κ3) is 3.74. The number of imidazole rings is 1. The van der Waals surface area contributed by atoms with E-state index < -0.39 is 0 Å². The molecule has 0 fully saturated rings. The van der Waals surface area contributed by atoms with Gasteiger partial charge in [-0.2, -0.15) is 0 Å². The molecule has 5 aromatic carbocycles. The average molecular weight is 549 g/mol. The van der Waals surface area contributed by atoms with Gasteiger partial charge in [-0.3, -0.25) is 9.38 Å². The molecule has 0 amide bonds. The van der Waals surface area contributed by atoms with Crippen molar-refractivity contribution in [2.45, 2.75) is 0 Å². The van der Waals surface area contributed by atoms with E-state index in [0.29, 0.717) is 0 Å². The van der Waals surface area contributed by atoms with E-state index in [9.17, 15) is 0 Å². The summed E-state index contributed by atoms with van der Waals surface area (Å²) in [7, 11) is 0. The first-order valence-electron chi connectivity index (χ1n) is 14.4. The number of rotatable bonds is 3. The Labute approximate surface area is 247 Å². The standard InChI is InChI=1S/C39H24N4/c1-2-10-28-22-29(17-16-25(28)8-1)30-23-34(32-14-7-11-26-9-3-4-12-31(26)32)39-42-37-33-13-5-6-15-35(33)41-36(38(37)43(39)24-30)27-18-20-40-21-19-27/h1-24H. The number of benzene rings is 5. The van der Waals surface area contributed by atoms with Crippen LogP contribution in [0.4, 0.5) is 0 Å². The van der Waals surface area contributed by atoms with Crippen molar-refractivity contribution in [2.24, 2.45) is 0 Å². The number of hydrogen-bond acceptors (Lipinski definition) is 3. The van der Waals surface area contributed by atoms with Crippen molar-refractivity contribution < 1.29 is 0 Å². The largest absolute Gasteiger partial charge is 0.296 e. The number of pyridine rings is 3. The van der Waals surface area contributed by atoms with Gasteiger partial charge in [0.25, 0.3) is 0 Å². The van der Waals surface area contributed by atoms with Gasteiger partial charge in [-0.05, 0) is 68.6 Å². The van der Waals surface area contributed by atoms with Crippen LogP contribution < -0.4 is 0 Å². The smallest absolute Gasteiger partial charge is 0.145 e. The van der Waals surface area contributed by atoms with Crippen LogP contribution in [-0.2, 0) is 0 Å². The molecule has 0 saturated heterocycles. The Kier molecular flexibility index (Phi) is 5.16. The third-order valence-corrected chi connectivity index (χ3v) is 8.45. The maximum absolute atomic E-state index is 5.40. The van der Waals surface area contributed by atoms with Gasteiger partial charge < -0.3 is 0 Å². The lowest BCUT2D eigenvalue weighted by Gasteiger charge is -2.13. The van der Waals surface area contributed by atoms with E-state index in [-0.39, 0.29) is 0 Å². The summed E-state index contributed by atoms with van der Waals surface area (Å²) in [5.74, 6) is 0. The predicted molar refractivity (Wildman–Crippen MR) is 177 cm³/mol. The maximum Gasteiger partial charge on any atom is 0.145 e. The Hall–Kier alpha value is -5.87. The molecule has 0 N–H and O–H groups in total. The lowest BCUT2D eigenvalue weighted by molar-refractivity contribution is 1.22. The normalized spacial score (nSPS) is 11.7. The molecule has 0 saturated carbocycles. The van der Waals surface area contributed by atoms with E-state index in [1.54, 1.807) is 0 Å². The lowest BCUT2D eigenvalue weighted by Crippen LogP contribution is -1.95. The summed E-state index contributed by atoms with van der Waals surface area (Å²) in [6, 6.07) is 44.9. The fourth-order valence-corrected chi connectivity index (χ4v) is 6.40. The zero-order valence-corrected chi connectivity index (χ0v) is 23.1. The zero-order valence-electron chi connectivity index (χ0n) is 23.1. The van der Waals surface area contributed by atoms with E-state index in [4.69, 9.17) is 9.97 Å². The van der Waals surface area contributed by atoms with Gasteiger partial charge in [0.15, 0.2) is 0 Å². The summed E-state index contributed by atoms with van der Waals surface area (Å²) in [6.45, 7) is 0. The Morgan fingerprint density at radius 1 is 0.488 bits per heavy atom. The quantitative estimate of drug-likeness (QED) is 0.221. The molecule has 4 heterocycles. The summed E-state index contributed by atoms with van der Waals surface area (Å²) in [6.07, 6.45) is 5.87. The molecule has 0 aliphatic heterocycles. The Morgan fingerprint density at radius 3 is 2.12 bits per heavy atom. The summed E-state index contributed by atoms with van der Waals surface area (Å²) < 4.78 is 2.26. The molecule has 0 bridgehead atoms. The minimum Gasteiger partial charge on any atom is -0.296 e. The highest BCUT2D eigenvalue weighted by Gasteiger charge is 2.20. The van der Waals surface area contributed by atoms with E-state index in [1.807, 2.05) is 30.6 Å². The molecule has 0 aliphatic rings. The fourth-order valence-electron chi connectivity index (χ4n) is 6.40. The summed E-state index contributed by atoms with van der Waals surface area (Å²) in [5.41, 5.74) is 10.2. The molecule has 0 unspecified atom stereocenters. The van der Waals surface area contributed by atoms with Gasteiger partial charge in [0, 0.05) is 35.1 Å². The Balaban J connectivity index is 1.46. The molecule has 9 aromatic rings. The maximum atomic E-state index is 5.40. The van der Waals surface area contributed by atoms with Gasteiger partial charge in [0.1, 0.15) is 11.2 Å². The minimum absolute atomic E-state index is 0.892. The van der Waals surface area contributed by atoms with Crippen molar-refractivity contribution in [3.8, 4) is 33.5 Å². The van der Waals surface area contributed by atoms with Crippen molar-refractivity contribution in [1.82, 2.24) is 19.4 Å². The predicted octanol–water partition coefficient (Wildman–Crippen LogP) is 9.74. The second kappa shape index (κ2) is 9.33. The van der Waals surface area contributed by atoms with Crippen LogP contribution in [0.1, 0.15) is 0 Å². The Bertz CT molecular complexity index is 2510. The summed E-state index contributed by atoms with van der Waals surface area (Å²) in [4.78, 5) is 14.9. The van der Waals surface area contributed by atoms with Crippen LogP contribution in [0, 0.1) is 0 Å². The molecule has 0 atom stereocenters. The lowest BCUT2D eigenvalue weighted by atomic mass is 9.96. The van der Waals surface area contributed by atoms with Gasteiger partial charge in [0.2, 0.25) is 0 Å². The van der Waals surface area contributed by atoms with Gasteiger partial charge >= 0.3 is 0 Å². The fraction of sp³-hybridized carbons (Fsp3) is 0. The second-order valence-corrected chi connectivity index (χ2v) is 10.9. The van der Waals surface area contributed by atoms with Crippen molar-refractivity contribution in [3.63, 3.8) is 0 Å². The molecule has 9 rings (SSSR count). The highest BCUT2D eigenvalue weighted by Crippen LogP contribution is 2.39. The molecule has 0 spiro atoms. The van der Waals surface area contributed by atoms with Crippen LogP contribution in [0.3, 0.4) is 0 Å². The molecular weight excluding hydrogens is 524 g/mol. The van der Waals surface area contributed by atoms with Crippen LogP contribution in [-0.4, -0.2) is 19.4 Å². The van der Waals surface area contributed by atoms with E-state index in [2.05, 4.69) is 125 Å². The summed E-state index contributed by atoms with van der Waals surface area (Å²) >= 11 is 0. The first kappa shape index (κ1) is 23.8. The zero-order chi connectivity index (χ0) is 28.3. The molecular formula is C39H24N4. The number of nitrogens with zero attached hydrogens (tertiary/aromatic N) is 4. The first-order chi connectivity index (χ1) is 21.3. The molecule has 0 radical (unpaired) electrons. The third-order valence-electron chi connectivity index (χ3n) is 8.45. The molecule has 4 heteroatoms. The highest BCUT2D eigenvalue weighted by molar-refractivity contribution is 6.11. The number of aromatic nitrogens is 4. The number of fused-ring (bicyclic) bond motifs is 7. The summed E-state index contributed by atoms with van der Waals surface area (Å²) in [5, 5.41) is 5.88. The van der Waals surface area contributed by atoms with Crippen molar-refractivity contribution >= 4 is 49.1 Å². The van der Waals surface area contributed by atoms with Crippen LogP contribution >= 0.6 is 0 Å². The first-order valence-corrected chi connectivity index (χ1v) is 14.4. The Morgan fingerprint density at radius 2 is 1.23 bits per heavy atom. The second-order valence-electron chi connectivity index (χ2n) is 10.9. The topological polar surface area (TPSA) is 43.1 Å². The molecule has 43 heavy (non-hydrogen) atoms. The van der Waals surface area contributed by atoms with Crippen LogP contribution in [0.15, 0.2) is 146 Å².